The van der Waals surface area contributed by atoms with Crippen LogP contribution < -0.4 is 0 Å². The Bertz CT molecular complexity index is 723. The van der Waals surface area contributed by atoms with Crippen LogP contribution in [0.25, 0.3) is 0 Å². The minimum Gasteiger partial charge on any atom is -0.348 e. The monoisotopic (exact) mass is 336 g/mol. The van der Waals surface area contributed by atoms with Crippen molar-refractivity contribution in [3.63, 3.8) is 0 Å². The van der Waals surface area contributed by atoms with Crippen LogP contribution in [-0.2, 0) is 26.8 Å². The SMILES string of the molecule is CC(C(=O)N(C)C)S(=O)(=O)N1Cc2ccccc2C2(CCC2)C1. The first-order chi connectivity index (χ1) is 10.8. The van der Waals surface area contributed by atoms with Gasteiger partial charge >= 0.3 is 0 Å². The van der Waals surface area contributed by atoms with Crippen LogP contribution in [0, 0.1) is 0 Å². The normalized spacial score (nSPS) is 21.3. The topological polar surface area (TPSA) is 57.7 Å². The van der Waals surface area contributed by atoms with E-state index in [0.29, 0.717) is 13.1 Å². The highest BCUT2D eigenvalue weighted by Gasteiger charge is 2.48. The van der Waals surface area contributed by atoms with E-state index in [9.17, 15) is 13.2 Å². The quantitative estimate of drug-likeness (QED) is 0.845. The molecular weight excluding hydrogens is 312 g/mol. The molecular formula is C17H24N2O3S. The van der Waals surface area contributed by atoms with Crippen LogP contribution in [0.3, 0.4) is 0 Å². The van der Waals surface area contributed by atoms with Gasteiger partial charge in [-0.25, -0.2) is 8.42 Å². The van der Waals surface area contributed by atoms with Crippen LogP contribution in [0.5, 0.6) is 0 Å². The van der Waals surface area contributed by atoms with E-state index < -0.39 is 15.3 Å². The van der Waals surface area contributed by atoms with Crippen molar-refractivity contribution in [3.8, 4) is 0 Å². The standard InChI is InChI=1S/C17H24N2O3S/c1-13(16(20)18(2)3)23(21,22)19-11-14-7-4-5-8-15(14)17(12-19)9-6-10-17/h4-5,7-8,13H,6,9-12H2,1-3H3. The van der Waals surface area contributed by atoms with Gasteiger partial charge in [-0.2, -0.15) is 4.31 Å². The first-order valence-electron chi connectivity index (χ1n) is 8.06. The lowest BCUT2D eigenvalue weighted by Gasteiger charge is -2.49. The molecule has 3 rings (SSSR count). The molecule has 2 aliphatic rings. The Kier molecular flexibility index (Phi) is 4.01. The molecule has 0 aromatic heterocycles. The summed E-state index contributed by atoms with van der Waals surface area (Å²) in [6.07, 6.45) is 3.17. The highest BCUT2D eigenvalue weighted by Crippen LogP contribution is 2.48. The number of nitrogens with zero attached hydrogens (tertiary/aromatic N) is 2. The second-order valence-corrected chi connectivity index (χ2v) is 9.23. The third-order valence-electron chi connectivity index (χ3n) is 5.32. The average Bonchev–Trinajstić information content (AvgIpc) is 2.50. The highest BCUT2D eigenvalue weighted by atomic mass is 32.2. The van der Waals surface area contributed by atoms with E-state index in [-0.39, 0.29) is 11.3 Å². The predicted molar refractivity (Wildman–Crippen MR) is 89.5 cm³/mol. The Hall–Kier alpha value is -1.40. The summed E-state index contributed by atoms with van der Waals surface area (Å²) in [5, 5.41) is -1.04. The van der Waals surface area contributed by atoms with E-state index in [1.807, 2.05) is 18.2 Å². The number of hydrogen-bond acceptors (Lipinski definition) is 3. The first-order valence-corrected chi connectivity index (χ1v) is 9.57. The van der Waals surface area contributed by atoms with Crippen LogP contribution >= 0.6 is 0 Å². The van der Waals surface area contributed by atoms with Gasteiger partial charge in [0.05, 0.1) is 0 Å². The molecule has 1 aliphatic heterocycles. The number of sulfonamides is 1. The van der Waals surface area contributed by atoms with Crippen molar-refractivity contribution >= 4 is 15.9 Å². The lowest BCUT2D eigenvalue weighted by molar-refractivity contribution is -0.128. The molecule has 1 saturated carbocycles. The highest BCUT2D eigenvalue weighted by molar-refractivity contribution is 7.90. The zero-order valence-electron chi connectivity index (χ0n) is 13.9. The summed E-state index contributed by atoms with van der Waals surface area (Å²) in [6.45, 7) is 2.36. The third kappa shape index (κ3) is 2.58. The van der Waals surface area contributed by atoms with Gasteiger partial charge in [-0.15, -0.1) is 0 Å². The molecule has 1 aliphatic carbocycles. The average molecular weight is 336 g/mol. The van der Waals surface area contributed by atoms with Crippen LogP contribution in [0.1, 0.15) is 37.3 Å². The molecule has 23 heavy (non-hydrogen) atoms. The van der Waals surface area contributed by atoms with Crippen molar-refractivity contribution in [2.45, 2.75) is 43.4 Å². The number of fused-ring (bicyclic) bond motifs is 2. The number of amides is 1. The molecule has 1 heterocycles. The Morgan fingerprint density at radius 1 is 1.26 bits per heavy atom. The van der Waals surface area contributed by atoms with Crippen molar-refractivity contribution in [3.05, 3.63) is 35.4 Å². The maximum Gasteiger partial charge on any atom is 0.241 e. The van der Waals surface area contributed by atoms with E-state index >= 15 is 0 Å². The molecule has 0 bridgehead atoms. The van der Waals surface area contributed by atoms with E-state index in [1.54, 1.807) is 14.1 Å². The van der Waals surface area contributed by atoms with Gasteiger partial charge in [-0.3, -0.25) is 4.79 Å². The van der Waals surface area contributed by atoms with E-state index in [2.05, 4.69) is 6.07 Å². The molecule has 1 amide bonds. The molecule has 126 valence electrons. The van der Waals surface area contributed by atoms with E-state index in [0.717, 1.165) is 24.8 Å². The summed E-state index contributed by atoms with van der Waals surface area (Å²) >= 11 is 0. The van der Waals surface area contributed by atoms with Gasteiger partial charge in [0.2, 0.25) is 15.9 Å². The van der Waals surface area contributed by atoms with Crippen LogP contribution in [0.15, 0.2) is 24.3 Å². The van der Waals surface area contributed by atoms with Crippen LogP contribution in [-0.4, -0.2) is 49.4 Å². The van der Waals surface area contributed by atoms with Crippen molar-refractivity contribution < 1.29 is 13.2 Å². The van der Waals surface area contributed by atoms with Crippen LogP contribution in [0.4, 0.5) is 0 Å². The lowest BCUT2D eigenvalue weighted by Crippen LogP contribution is -2.54. The maximum absolute atomic E-state index is 12.9. The molecule has 1 aromatic carbocycles. The minimum atomic E-state index is -3.65. The van der Waals surface area contributed by atoms with Gasteiger partial charge < -0.3 is 4.90 Å². The fourth-order valence-corrected chi connectivity index (χ4v) is 5.43. The Morgan fingerprint density at radius 2 is 1.91 bits per heavy atom. The molecule has 5 nitrogen and oxygen atoms in total. The summed E-state index contributed by atoms with van der Waals surface area (Å²) in [4.78, 5) is 13.5. The van der Waals surface area contributed by atoms with E-state index in [4.69, 9.17) is 0 Å². The van der Waals surface area contributed by atoms with Crippen LogP contribution in [0.2, 0.25) is 0 Å². The summed E-state index contributed by atoms with van der Waals surface area (Å²) in [7, 11) is -0.473. The smallest absolute Gasteiger partial charge is 0.241 e. The molecule has 0 radical (unpaired) electrons. The predicted octanol–water partition coefficient (Wildman–Crippen LogP) is 1.73. The van der Waals surface area contributed by atoms with E-state index in [1.165, 1.54) is 21.7 Å². The largest absolute Gasteiger partial charge is 0.348 e. The minimum absolute atomic E-state index is 0.0528. The summed E-state index contributed by atoms with van der Waals surface area (Å²) in [6, 6.07) is 8.12. The molecule has 1 aromatic rings. The second-order valence-electron chi connectivity index (χ2n) is 6.98. The molecule has 1 unspecified atom stereocenters. The zero-order chi connectivity index (χ0) is 16.8. The Morgan fingerprint density at radius 3 is 2.48 bits per heavy atom. The maximum atomic E-state index is 12.9. The van der Waals surface area contributed by atoms with Gasteiger partial charge in [0, 0.05) is 32.6 Å². The summed E-state index contributed by atoms with van der Waals surface area (Å²) in [5.41, 5.74) is 2.32. The van der Waals surface area contributed by atoms with Gasteiger partial charge in [-0.1, -0.05) is 30.7 Å². The second kappa shape index (κ2) is 5.60. The Balaban J connectivity index is 1.95. The van der Waals surface area contributed by atoms with Crippen molar-refractivity contribution in [1.82, 2.24) is 9.21 Å². The zero-order valence-corrected chi connectivity index (χ0v) is 14.8. The number of carbonyl (C=O) groups is 1. The number of benzene rings is 1. The molecule has 1 atom stereocenters. The number of hydrogen-bond donors (Lipinski definition) is 0. The first kappa shape index (κ1) is 16.5. The van der Waals surface area contributed by atoms with Gasteiger partial charge in [0.25, 0.3) is 0 Å². The third-order valence-corrected chi connectivity index (χ3v) is 7.39. The summed E-state index contributed by atoms with van der Waals surface area (Å²) in [5.74, 6) is -0.369. The number of carbonyl (C=O) groups excluding carboxylic acids is 1. The summed E-state index contributed by atoms with van der Waals surface area (Å²) < 4.78 is 27.4. The van der Waals surface area contributed by atoms with Crippen molar-refractivity contribution in [1.29, 1.82) is 0 Å². The van der Waals surface area contributed by atoms with Gasteiger partial charge in [0.1, 0.15) is 0 Å². The Labute approximate surface area is 138 Å². The van der Waals surface area contributed by atoms with Crippen molar-refractivity contribution in [2.24, 2.45) is 0 Å². The fourth-order valence-electron chi connectivity index (χ4n) is 3.77. The number of rotatable bonds is 3. The molecule has 1 fully saturated rings. The molecule has 1 spiro atoms. The van der Waals surface area contributed by atoms with Crippen molar-refractivity contribution in [2.75, 3.05) is 20.6 Å². The van der Waals surface area contributed by atoms with Gasteiger partial charge in [0.15, 0.2) is 5.25 Å². The molecule has 6 heteroatoms. The molecule has 0 N–H and O–H groups in total. The molecule has 0 saturated heterocycles. The van der Waals surface area contributed by atoms with Gasteiger partial charge in [-0.05, 0) is 30.9 Å². The lowest BCUT2D eigenvalue weighted by atomic mass is 9.62. The fraction of sp³-hybridized carbons (Fsp3) is 0.588.